The monoisotopic (exact) mass is 368 g/mol. The number of methoxy groups -OCH3 is 1. The van der Waals surface area contributed by atoms with Gasteiger partial charge in [0.25, 0.3) is 0 Å². The van der Waals surface area contributed by atoms with E-state index in [1.807, 2.05) is 30.3 Å². The van der Waals surface area contributed by atoms with Crippen molar-refractivity contribution in [2.75, 3.05) is 25.3 Å². The smallest absolute Gasteiger partial charge is 0.231 e. The first-order valence-corrected chi connectivity index (χ1v) is 8.74. The fourth-order valence-corrected chi connectivity index (χ4v) is 3.28. The second-order valence-electron chi connectivity index (χ2n) is 6.51. The van der Waals surface area contributed by atoms with Crippen molar-refractivity contribution in [2.45, 2.75) is 13.0 Å². The lowest BCUT2D eigenvalue weighted by Gasteiger charge is -2.17. The molecule has 1 atom stereocenters. The van der Waals surface area contributed by atoms with Crippen LogP contribution in [0.5, 0.6) is 17.2 Å². The average Bonchev–Trinajstić information content (AvgIpc) is 3.32. The maximum absolute atomic E-state index is 12.5. The van der Waals surface area contributed by atoms with Crippen LogP contribution >= 0.6 is 0 Å². The van der Waals surface area contributed by atoms with Crippen LogP contribution < -0.4 is 24.4 Å². The minimum atomic E-state index is -0.367. The highest BCUT2D eigenvalue weighted by Crippen LogP contribution is 2.32. The summed E-state index contributed by atoms with van der Waals surface area (Å²) in [7, 11) is 1.59. The molecule has 7 nitrogen and oxygen atoms in total. The third-order valence-corrected chi connectivity index (χ3v) is 4.78. The average molecular weight is 368 g/mol. The van der Waals surface area contributed by atoms with Crippen molar-refractivity contribution >= 4 is 17.5 Å². The van der Waals surface area contributed by atoms with E-state index >= 15 is 0 Å². The lowest BCUT2D eigenvalue weighted by molar-refractivity contribution is -0.126. The maximum Gasteiger partial charge on any atom is 0.231 e. The lowest BCUT2D eigenvalue weighted by Crippen LogP contribution is -2.32. The number of benzene rings is 2. The molecule has 2 aliphatic heterocycles. The van der Waals surface area contributed by atoms with Crippen LogP contribution in [-0.2, 0) is 16.1 Å². The zero-order valence-corrected chi connectivity index (χ0v) is 14.9. The Kier molecular flexibility index (Phi) is 4.58. The van der Waals surface area contributed by atoms with E-state index in [4.69, 9.17) is 14.2 Å². The van der Waals surface area contributed by atoms with E-state index in [0.717, 1.165) is 17.0 Å². The van der Waals surface area contributed by atoms with Crippen LogP contribution in [0, 0.1) is 5.92 Å². The highest BCUT2D eigenvalue weighted by atomic mass is 16.7. The zero-order chi connectivity index (χ0) is 18.8. The number of anilines is 1. The first kappa shape index (κ1) is 17.2. The van der Waals surface area contributed by atoms with E-state index < -0.39 is 0 Å². The van der Waals surface area contributed by atoms with E-state index in [0.29, 0.717) is 24.6 Å². The van der Waals surface area contributed by atoms with Crippen LogP contribution in [0.15, 0.2) is 42.5 Å². The maximum atomic E-state index is 12.5. The third-order valence-electron chi connectivity index (χ3n) is 4.78. The van der Waals surface area contributed by atoms with Crippen molar-refractivity contribution in [3.8, 4) is 17.2 Å². The minimum Gasteiger partial charge on any atom is -0.497 e. The summed E-state index contributed by atoms with van der Waals surface area (Å²) in [6.07, 6.45) is 0.207. The van der Waals surface area contributed by atoms with Gasteiger partial charge in [-0.25, -0.2) is 0 Å². The van der Waals surface area contributed by atoms with E-state index in [1.54, 1.807) is 24.1 Å². The highest BCUT2D eigenvalue weighted by Gasteiger charge is 2.35. The van der Waals surface area contributed by atoms with E-state index in [1.165, 1.54) is 0 Å². The summed E-state index contributed by atoms with van der Waals surface area (Å²) >= 11 is 0. The van der Waals surface area contributed by atoms with Gasteiger partial charge in [-0.15, -0.1) is 0 Å². The molecule has 0 spiro atoms. The number of nitrogens with one attached hydrogen (secondary N) is 1. The molecule has 2 aromatic rings. The molecule has 1 saturated heterocycles. The summed E-state index contributed by atoms with van der Waals surface area (Å²) in [6.45, 7) is 0.970. The van der Waals surface area contributed by atoms with Crippen molar-refractivity contribution in [3.63, 3.8) is 0 Å². The molecule has 140 valence electrons. The third kappa shape index (κ3) is 3.53. The van der Waals surface area contributed by atoms with Crippen molar-refractivity contribution in [1.29, 1.82) is 0 Å². The van der Waals surface area contributed by atoms with Gasteiger partial charge in [0.05, 0.1) is 13.0 Å². The van der Waals surface area contributed by atoms with Crippen molar-refractivity contribution in [1.82, 2.24) is 5.32 Å². The van der Waals surface area contributed by atoms with Crippen molar-refractivity contribution < 1.29 is 23.8 Å². The molecule has 1 N–H and O–H groups in total. The fourth-order valence-electron chi connectivity index (χ4n) is 3.28. The number of rotatable bonds is 5. The van der Waals surface area contributed by atoms with Gasteiger partial charge in [-0.1, -0.05) is 6.07 Å². The van der Waals surface area contributed by atoms with Gasteiger partial charge in [-0.3, -0.25) is 9.59 Å². The molecule has 2 aliphatic rings. The molecule has 1 unspecified atom stereocenters. The van der Waals surface area contributed by atoms with Crippen LogP contribution in [0.4, 0.5) is 5.69 Å². The SMILES string of the molecule is COc1ccc(N2CC(C(=O)NCc3ccc4c(c3)OCO4)CC2=O)cc1. The Hall–Kier alpha value is -3.22. The summed E-state index contributed by atoms with van der Waals surface area (Å²) < 4.78 is 15.8. The molecule has 4 rings (SSSR count). The number of amides is 2. The second-order valence-corrected chi connectivity index (χ2v) is 6.51. The molecule has 27 heavy (non-hydrogen) atoms. The molecule has 0 aliphatic carbocycles. The number of ether oxygens (including phenoxy) is 3. The van der Waals surface area contributed by atoms with Gasteiger partial charge >= 0.3 is 0 Å². The Morgan fingerprint density at radius 3 is 2.74 bits per heavy atom. The number of carbonyl (C=O) groups excluding carboxylic acids is 2. The number of nitrogens with zero attached hydrogens (tertiary/aromatic N) is 1. The zero-order valence-electron chi connectivity index (χ0n) is 14.9. The van der Waals surface area contributed by atoms with E-state index in [2.05, 4.69) is 5.32 Å². The number of fused-ring (bicyclic) bond motifs is 1. The molecule has 1 fully saturated rings. The Bertz CT molecular complexity index is 865. The van der Waals surface area contributed by atoms with Crippen molar-refractivity contribution in [2.24, 2.45) is 5.92 Å². The van der Waals surface area contributed by atoms with Gasteiger partial charge in [-0.2, -0.15) is 0 Å². The van der Waals surface area contributed by atoms with E-state index in [9.17, 15) is 9.59 Å². The first-order chi connectivity index (χ1) is 13.1. The molecule has 2 amide bonds. The van der Waals surface area contributed by atoms with Crippen molar-refractivity contribution in [3.05, 3.63) is 48.0 Å². The number of carbonyl (C=O) groups is 2. The Balaban J connectivity index is 1.36. The van der Waals surface area contributed by atoms with Gasteiger partial charge < -0.3 is 24.4 Å². The standard InChI is InChI=1S/C20H20N2O5/c1-25-16-5-3-15(4-6-16)22-11-14(9-19(22)23)20(24)21-10-13-2-7-17-18(8-13)27-12-26-17/h2-8,14H,9-12H2,1H3,(H,21,24). The van der Waals surface area contributed by atoms with E-state index in [-0.39, 0.29) is 30.9 Å². The number of hydrogen-bond acceptors (Lipinski definition) is 5. The van der Waals surface area contributed by atoms with Crippen LogP contribution in [0.25, 0.3) is 0 Å². The Morgan fingerprint density at radius 2 is 1.96 bits per heavy atom. The van der Waals surface area contributed by atoms with Crippen LogP contribution in [0.1, 0.15) is 12.0 Å². The molecule has 0 bridgehead atoms. The highest BCUT2D eigenvalue weighted by molar-refractivity contribution is 6.00. The quantitative estimate of drug-likeness (QED) is 0.875. The predicted molar refractivity (Wildman–Crippen MR) is 97.9 cm³/mol. The van der Waals surface area contributed by atoms with Gasteiger partial charge in [0, 0.05) is 25.2 Å². The molecule has 2 aromatic carbocycles. The molecule has 0 aromatic heterocycles. The normalized spacial score (nSPS) is 17.9. The summed E-state index contributed by atoms with van der Waals surface area (Å²) in [5.41, 5.74) is 1.69. The molecule has 0 radical (unpaired) electrons. The molecule has 0 saturated carbocycles. The molecular weight excluding hydrogens is 348 g/mol. The van der Waals surface area contributed by atoms with Gasteiger partial charge in [0.2, 0.25) is 18.6 Å². The lowest BCUT2D eigenvalue weighted by atomic mass is 10.1. The predicted octanol–water partition coefficient (Wildman–Crippen LogP) is 2.09. The van der Waals surface area contributed by atoms with Crippen LogP contribution in [0.3, 0.4) is 0 Å². The molecule has 2 heterocycles. The fraction of sp³-hybridized carbons (Fsp3) is 0.300. The second kappa shape index (κ2) is 7.19. The summed E-state index contributed by atoms with van der Waals surface area (Å²) in [4.78, 5) is 26.5. The molecule has 7 heteroatoms. The van der Waals surface area contributed by atoms with Gasteiger partial charge in [0.1, 0.15) is 5.75 Å². The summed E-state index contributed by atoms with van der Waals surface area (Å²) in [5.74, 6) is 1.57. The summed E-state index contributed by atoms with van der Waals surface area (Å²) in [6, 6.07) is 12.8. The van der Waals surface area contributed by atoms with Crippen LogP contribution in [-0.4, -0.2) is 32.3 Å². The first-order valence-electron chi connectivity index (χ1n) is 8.74. The summed E-state index contributed by atoms with van der Waals surface area (Å²) in [5, 5.41) is 2.91. The minimum absolute atomic E-state index is 0.0524. The largest absolute Gasteiger partial charge is 0.497 e. The number of hydrogen-bond donors (Lipinski definition) is 1. The van der Waals surface area contributed by atoms with Gasteiger partial charge in [-0.05, 0) is 42.0 Å². The topological polar surface area (TPSA) is 77.1 Å². The Morgan fingerprint density at radius 1 is 1.19 bits per heavy atom. The molecular formula is C20H20N2O5. The van der Waals surface area contributed by atoms with Gasteiger partial charge in [0.15, 0.2) is 11.5 Å². The Labute approximate surface area is 156 Å². The van der Waals surface area contributed by atoms with Crippen LogP contribution in [0.2, 0.25) is 0 Å².